The molecule has 0 aliphatic rings. The number of rotatable bonds is 1. The second-order valence-corrected chi connectivity index (χ2v) is 3.41. The van der Waals surface area contributed by atoms with E-state index in [-0.39, 0.29) is 0 Å². The summed E-state index contributed by atoms with van der Waals surface area (Å²) < 4.78 is 0. The van der Waals surface area contributed by atoms with E-state index < -0.39 is 0 Å². The molecule has 0 spiro atoms. The smallest absolute Gasteiger partial charge is 0.0705 e. The van der Waals surface area contributed by atoms with Gasteiger partial charge >= 0.3 is 0 Å². The first-order valence-corrected chi connectivity index (χ1v) is 4.61. The highest BCUT2D eigenvalue weighted by Gasteiger charge is 2.01. The third-order valence-corrected chi connectivity index (χ3v) is 2.21. The Morgan fingerprint density at radius 1 is 1.00 bits per heavy atom. The molecule has 2 aromatic rings. The molecule has 0 radical (unpaired) electrons. The standard InChI is InChI=1S/C12H12N2/c1-9-3-4-12(14-7-9)11-5-6-13-8-10(11)2/h3-8H,1-2H3. The molecule has 0 aromatic carbocycles. The topological polar surface area (TPSA) is 25.8 Å². The van der Waals surface area contributed by atoms with Crippen LogP contribution in [0.3, 0.4) is 0 Å². The molecule has 2 heterocycles. The van der Waals surface area contributed by atoms with Gasteiger partial charge in [0, 0.05) is 24.2 Å². The van der Waals surface area contributed by atoms with E-state index in [2.05, 4.69) is 16.0 Å². The highest BCUT2D eigenvalue weighted by atomic mass is 14.7. The highest BCUT2D eigenvalue weighted by molar-refractivity contribution is 5.62. The van der Waals surface area contributed by atoms with Gasteiger partial charge in [-0.05, 0) is 37.1 Å². The van der Waals surface area contributed by atoms with E-state index in [4.69, 9.17) is 0 Å². The van der Waals surface area contributed by atoms with Crippen molar-refractivity contribution >= 4 is 0 Å². The SMILES string of the molecule is Cc1ccc(-c2ccncc2C)nc1. The molecule has 14 heavy (non-hydrogen) atoms. The number of aryl methyl sites for hydroxylation is 2. The van der Waals surface area contributed by atoms with E-state index in [1.807, 2.05) is 38.4 Å². The van der Waals surface area contributed by atoms with Crippen molar-refractivity contribution in [2.45, 2.75) is 13.8 Å². The molecule has 0 saturated heterocycles. The van der Waals surface area contributed by atoms with Gasteiger partial charge in [-0.3, -0.25) is 9.97 Å². The monoisotopic (exact) mass is 184 g/mol. The van der Waals surface area contributed by atoms with E-state index in [1.165, 1.54) is 5.56 Å². The number of pyridine rings is 2. The number of hydrogen-bond donors (Lipinski definition) is 0. The number of hydrogen-bond acceptors (Lipinski definition) is 2. The van der Waals surface area contributed by atoms with Gasteiger partial charge in [-0.2, -0.15) is 0 Å². The Morgan fingerprint density at radius 3 is 2.50 bits per heavy atom. The van der Waals surface area contributed by atoms with Crippen molar-refractivity contribution in [3.63, 3.8) is 0 Å². The molecule has 0 saturated carbocycles. The Balaban J connectivity index is 2.50. The zero-order valence-corrected chi connectivity index (χ0v) is 8.36. The third kappa shape index (κ3) is 1.64. The summed E-state index contributed by atoms with van der Waals surface area (Å²) in [6.45, 7) is 4.08. The zero-order chi connectivity index (χ0) is 9.97. The Morgan fingerprint density at radius 2 is 1.86 bits per heavy atom. The Labute approximate surface area is 83.7 Å². The summed E-state index contributed by atoms with van der Waals surface area (Å²) in [4.78, 5) is 8.44. The number of nitrogens with zero attached hydrogens (tertiary/aromatic N) is 2. The van der Waals surface area contributed by atoms with Crippen molar-refractivity contribution in [2.75, 3.05) is 0 Å². The Kier molecular flexibility index (Phi) is 2.27. The Hall–Kier alpha value is -1.70. The molecule has 0 aliphatic heterocycles. The van der Waals surface area contributed by atoms with Crippen LogP contribution in [0.5, 0.6) is 0 Å². The second-order valence-electron chi connectivity index (χ2n) is 3.41. The summed E-state index contributed by atoms with van der Waals surface area (Å²) in [5.74, 6) is 0. The average molecular weight is 184 g/mol. The molecule has 0 fully saturated rings. The maximum absolute atomic E-state index is 4.38. The van der Waals surface area contributed by atoms with Crippen LogP contribution < -0.4 is 0 Å². The predicted molar refractivity (Wildman–Crippen MR) is 56.9 cm³/mol. The quantitative estimate of drug-likeness (QED) is 0.681. The molecule has 2 nitrogen and oxygen atoms in total. The van der Waals surface area contributed by atoms with Gasteiger partial charge in [0.05, 0.1) is 5.69 Å². The molecule has 2 rings (SSSR count). The van der Waals surface area contributed by atoms with Crippen molar-refractivity contribution in [3.05, 3.63) is 47.9 Å². The van der Waals surface area contributed by atoms with Crippen LogP contribution in [-0.4, -0.2) is 9.97 Å². The molecule has 0 atom stereocenters. The normalized spacial score (nSPS) is 10.1. The molecule has 70 valence electrons. The zero-order valence-electron chi connectivity index (χ0n) is 8.36. The van der Waals surface area contributed by atoms with E-state index in [1.54, 1.807) is 6.20 Å². The van der Waals surface area contributed by atoms with E-state index in [0.29, 0.717) is 0 Å². The van der Waals surface area contributed by atoms with Crippen molar-refractivity contribution < 1.29 is 0 Å². The molecular weight excluding hydrogens is 172 g/mol. The fraction of sp³-hybridized carbons (Fsp3) is 0.167. The molecule has 0 N–H and O–H groups in total. The third-order valence-electron chi connectivity index (χ3n) is 2.21. The van der Waals surface area contributed by atoms with Crippen LogP contribution in [0.15, 0.2) is 36.8 Å². The fourth-order valence-corrected chi connectivity index (χ4v) is 1.39. The van der Waals surface area contributed by atoms with Gasteiger partial charge in [0.2, 0.25) is 0 Å². The van der Waals surface area contributed by atoms with Gasteiger partial charge < -0.3 is 0 Å². The van der Waals surface area contributed by atoms with Crippen molar-refractivity contribution in [3.8, 4) is 11.3 Å². The maximum atomic E-state index is 4.38. The first-order valence-electron chi connectivity index (χ1n) is 4.61. The molecule has 0 unspecified atom stereocenters. The van der Waals surface area contributed by atoms with Crippen LogP contribution in [0.1, 0.15) is 11.1 Å². The second kappa shape index (κ2) is 3.58. The minimum Gasteiger partial charge on any atom is -0.264 e. The van der Waals surface area contributed by atoms with Crippen molar-refractivity contribution in [1.82, 2.24) is 9.97 Å². The van der Waals surface area contributed by atoms with Crippen LogP contribution in [0, 0.1) is 13.8 Å². The lowest BCUT2D eigenvalue weighted by Gasteiger charge is -2.03. The van der Waals surface area contributed by atoms with E-state index in [0.717, 1.165) is 16.8 Å². The summed E-state index contributed by atoms with van der Waals surface area (Å²) in [6, 6.07) is 6.10. The average Bonchev–Trinajstić information content (AvgIpc) is 2.20. The molecular formula is C12H12N2. The maximum Gasteiger partial charge on any atom is 0.0705 e. The lowest BCUT2D eigenvalue weighted by Crippen LogP contribution is -1.87. The van der Waals surface area contributed by atoms with Gasteiger partial charge in [-0.25, -0.2) is 0 Å². The summed E-state index contributed by atoms with van der Waals surface area (Å²) in [6.07, 6.45) is 5.54. The van der Waals surface area contributed by atoms with Crippen molar-refractivity contribution in [1.29, 1.82) is 0 Å². The van der Waals surface area contributed by atoms with Gasteiger partial charge in [-0.1, -0.05) is 6.07 Å². The lowest BCUT2D eigenvalue weighted by atomic mass is 10.1. The largest absolute Gasteiger partial charge is 0.264 e. The lowest BCUT2D eigenvalue weighted by molar-refractivity contribution is 1.22. The molecule has 2 heteroatoms. The predicted octanol–water partition coefficient (Wildman–Crippen LogP) is 2.76. The van der Waals surface area contributed by atoms with E-state index in [9.17, 15) is 0 Å². The molecule has 0 aliphatic carbocycles. The van der Waals surface area contributed by atoms with E-state index >= 15 is 0 Å². The number of aromatic nitrogens is 2. The first-order chi connectivity index (χ1) is 6.77. The summed E-state index contributed by atoms with van der Waals surface area (Å²) >= 11 is 0. The van der Waals surface area contributed by atoms with Gasteiger partial charge in [0.1, 0.15) is 0 Å². The van der Waals surface area contributed by atoms with Crippen LogP contribution in [-0.2, 0) is 0 Å². The van der Waals surface area contributed by atoms with Crippen LogP contribution >= 0.6 is 0 Å². The molecule has 2 aromatic heterocycles. The van der Waals surface area contributed by atoms with Gasteiger partial charge in [0.25, 0.3) is 0 Å². The molecule has 0 amide bonds. The minimum atomic E-state index is 1.01. The summed E-state index contributed by atoms with van der Waals surface area (Å²) in [5, 5.41) is 0. The van der Waals surface area contributed by atoms with Crippen LogP contribution in [0.4, 0.5) is 0 Å². The van der Waals surface area contributed by atoms with Crippen LogP contribution in [0.2, 0.25) is 0 Å². The fourth-order valence-electron chi connectivity index (χ4n) is 1.39. The highest BCUT2D eigenvalue weighted by Crippen LogP contribution is 2.19. The minimum absolute atomic E-state index is 1.01. The van der Waals surface area contributed by atoms with Gasteiger partial charge in [-0.15, -0.1) is 0 Å². The summed E-state index contributed by atoms with van der Waals surface area (Å²) in [5.41, 5.74) is 4.50. The first kappa shape index (κ1) is 8.88. The van der Waals surface area contributed by atoms with Crippen molar-refractivity contribution in [2.24, 2.45) is 0 Å². The Bertz CT molecular complexity index is 432. The summed E-state index contributed by atoms with van der Waals surface area (Å²) in [7, 11) is 0. The van der Waals surface area contributed by atoms with Crippen LogP contribution in [0.25, 0.3) is 11.3 Å². The van der Waals surface area contributed by atoms with Gasteiger partial charge in [0.15, 0.2) is 0 Å². The molecule has 0 bridgehead atoms.